The Morgan fingerprint density at radius 2 is 2.64 bits per heavy atom. The number of amides is 1. The summed E-state index contributed by atoms with van der Waals surface area (Å²) in [7, 11) is 0. The second kappa shape index (κ2) is 4.31. The molecule has 1 atom stereocenters. The quantitative estimate of drug-likeness (QED) is 0.548. The Labute approximate surface area is 66.3 Å². The van der Waals surface area contributed by atoms with Crippen molar-refractivity contribution in [3.8, 4) is 0 Å². The molecule has 1 fully saturated rings. The fraction of sp³-hybridized carbons (Fsp3) is 0.857. The molecule has 0 aromatic heterocycles. The molecule has 4 nitrogen and oxygen atoms in total. The molecular weight excluding hydrogens is 144 g/mol. The maximum Gasteiger partial charge on any atom is 0.216 e. The molecule has 1 saturated heterocycles. The van der Waals surface area contributed by atoms with Crippen LogP contribution in [0.4, 0.5) is 0 Å². The van der Waals surface area contributed by atoms with Crippen LogP contribution in [0.25, 0.3) is 0 Å². The van der Waals surface area contributed by atoms with Gasteiger partial charge in [-0.05, 0) is 0 Å². The molecule has 1 rings (SSSR count). The molecule has 0 aromatic carbocycles. The highest BCUT2D eigenvalue weighted by molar-refractivity contribution is 5.72. The summed E-state index contributed by atoms with van der Waals surface area (Å²) in [6.07, 6.45) is 0. The summed E-state index contributed by atoms with van der Waals surface area (Å²) in [5.41, 5.74) is 0. The molecule has 0 aromatic rings. The molecule has 0 saturated carbocycles. The van der Waals surface area contributed by atoms with E-state index in [1.807, 2.05) is 0 Å². The van der Waals surface area contributed by atoms with Gasteiger partial charge in [0.05, 0.1) is 13.2 Å². The van der Waals surface area contributed by atoms with E-state index in [1.54, 1.807) is 0 Å². The summed E-state index contributed by atoms with van der Waals surface area (Å²) in [5.74, 6) is 0.0115. The van der Waals surface area contributed by atoms with E-state index < -0.39 is 0 Å². The van der Waals surface area contributed by atoms with Gasteiger partial charge in [-0.3, -0.25) is 4.79 Å². The molecule has 64 valence electrons. The highest BCUT2D eigenvalue weighted by atomic mass is 16.5. The van der Waals surface area contributed by atoms with E-state index in [0.717, 1.165) is 13.2 Å². The average molecular weight is 158 g/mol. The van der Waals surface area contributed by atoms with E-state index in [-0.39, 0.29) is 11.9 Å². The van der Waals surface area contributed by atoms with Gasteiger partial charge in [0.2, 0.25) is 5.91 Å². The summed E-state index contributed by atoms with van der Waals surface area (Å²) in [6.45, 7) is 4.53. The van der Waals surface area contributed by atoms with E-state index in [9.17, 15) is 4.79 Å². The van der Waals surface area contributed by atoms with Crippen molar-refractivity contribution in [2.24, 2.45) is 0 Å². The molecule has 1 aliphatic rings. The van der Waals surface area contributed by atoms with Crippen molar-refractivity contribution in [2.75, 3.05) is 26.3 Å². The van der Waals surface area contributed by atoms with E-state index in [1.165, 1.54) is 6.92 Å². The summed E-state index contributed by atoms with van der Waals surface area (Å²) < 4.78 is 5.20. The zero-order valence-corrected chi connectivity index (χ0v) is 6.72. The first-order valence-electron chi connectivity index (χ1n) is 3.84. The molecule has 1 aliphatic heterocycles. The largest absolute Gasteiger partial charge is 0.378 e. The lowest BCUT2D eigenvalue weighted by Crippen LogP contribution is -2.47. The van der Waals surface area contributed by atoms with Crippen LogP contribution in [0.15, 0.2) is 0 Å². The van der Waals surface area contributed by atoms with Crippen molar-refractivity contribution in [3.05, 3.63) is 0 Å². The molecule has 0 unspecified atom stereocenters. The zero-order valence-electron chi connectivity index (χ0n) is 6.72. The van der Waals surface area contributed by atoms with E-state index in [4.69, 9.17) is 4.74 Å². The molecule has 1 heterocycles. The predicted molar refractivity (Wildman–Crippen MR) is 41.3 cm³/mol. The maximum atomic E-state index is 10.5. The van der Waals surface area contributed by atoms with Gasteiger partial charge in [-0.15, -0.1) is 0 Å². The van der Waals surface area contributed by atoms with Gasteiger partial charge >= 0.3 is 0 Å². The average Bonchev–Trinajstić information content (AvgIpc) is 2.03. The number of rotatable bonds is 2. The van der Waals surface area contributed by atoms with Crippen molar-refractivity contribution < 1.29 is 9.53 Å². The number of carbonyl (C=O) groups excluding carboxylic acids is 1. The van der Waals surface area contributed by atoms with Gasteiger partial charge in [-0.25, -0.2) is 0 Å². The van der Waals surface area contributed by atoms with Crippen molar-refractivity contribution in [1.82, 2.24) is 10.6 Å². The molecule has 1 amide bonds. The van der Waals surface area contributed by atoms with Crippen molar-refractivity contribution >= 4 is 5.91 Å². The highest BCUT2D eigenvalue weighted by Crippen LogP contribution is 1.90. The molecule has 0 spiro atoms. The van der Waals surface area contributed by atoms with Gasteiger partial charge in [0, 0.05) is 26.1 Å². The van der Waals surface area contributed by atoms with Gasteiger partial charge in [-0.1, -0.05) is 0 Å². The van der Waals surface area contributed by atoms with Crippen LogP contribution in [0, 0.1) is 0 Å². The molecule has 0 bridgehead atoms. The van der Waals surface area contributed by atoms with Crippen molar-refractivity contribution in [3.63, 3.8) is 0 Å². The van der Waals surface area contributed by atoms with Gasteiger partial charge in [0.25, 0.3) is 0 Å². The Morgan fingerprint density at radius 3 is 3.18 bits per heavy atom. The topological polar surface area (TPSA) is 50.4 Å². The Kier molecular flexibility index (Phi) is 3.32. The van der Waals surface area contributed by atoms with Crippen LogP contribution in [0.2, 0.25) is 0 Å². The summed E-state index contributed by atoms with van der Waals surface area (Å²) in [4.78, 5) is 10.5. The third kappa shape index (κ3) is 3.34. The maximum absolute atomic E-state index is 10.5. The van der Waals surface area contributed by atoms with Crippen LogP contribution in [-0.4, -0.2) is 38.3 Å². The highest BCUT2D eigenvalue weighted by Gasteiger charge is 2.12. The number of carbonyl (C=O) groups is 1. The van der Waals surface area contributed by atoms with E-state index in [2.05, 4.69) is 10.6 Å². The lowest BCUT2D eigenvalue weighted by Gasteiger charge is -2.23. The zero-order chi connectivity index (χ0) is 8.10. The number of hydrogen-bond acceptors (Lipinski definition) is 3. The summed E-state index contributed by atoms with van der Waals surface area (Å²) in [6, 6.07) is 0.285. The second-order valence-electron chi connectivity index (χ2n) is 2.66. The van der Waals surface area contributed by atoms with Crippen LogP contribution in [-0.2, 0) is 9.53 Å². The van der Waals surface area contributed by atoms with Crippen LogP contribution in [0.1, 0.15) is 6.92 Å². The minimum Gasteiger partial charge on any atom is -0.378 e. The summed E-state index contributed by atoms with van der Waals surface area (Å²) in [5, 5.41) is 5.97. The van der Waals surface area contributed by atoms with Gasteiger partial charge in [-0.2, -0.15) is 0 Å². The Balaban J connectivity index is 2.09. The Hall–Kier alpha value is -0.610. The fourth-order valence-corrected chi connectivity index (χ4v) is 1.02. The molecular formula is C7H14N2O2. The minimum atomic E-state index is 0.0115. The number of ether oxygens (including phenoxy) is 1. The second-order valence-corrected chi connectivity index (χ2v) is 2.66. The van der Waals surface area contributed by atoms with Gasteiger partial charge in [0.1, 0.15) is 0 Å². The molecule has 11 heavy (non-hydrogen) atoms. The molecule has 0 aliphatic carbocycles. The van der Waals surface area contributed by atoms with E-state index in [0.29, 0.717) is 13.2 Å². The SMILES string of the molecule is CC(=O)NC[C@H]1COCCN1. The van der Waals surface area contributed by atoms with Crippen molar-refractivity contribution in [2.45, 2.75) is 13.0 Å². The fourth-order valence-electron chi connectivity index (χ4n) is 1.02. The molecule has 2 N–H and O–H groups in total. The number of morpholine rings is 1. The van der Waals surface area contributed by atoms with Crippen LogP contribution in [0.3, 0.4) is 0 Å². The number of nitrogens with one attached hydrogen (secondary N) is 2. The lowest BCUT2D eigenvalue weighted by atomic mass is 10.3. The Bertz CT molecular complexity index is 132. The predicted octanol–water partition coefficient (Wildman–Crippen LogP) is -0.889. The van der Waals surface area contributed by atoms with Crippen LogP contribution < -0.4 is 10.6 Å². The third-order valence-electron chi connectivity index (χ3n) is 1.60. The first kappa shape index (κ1) is 8.49. The van der Waals surface area contributed by atoms with E-state index >= 15 is 0 Å². The first-order valence-corrected chi connectivity index (χ1v) is 3.84. The normalized spacial score (nSPS) is 24.6. The van der Waals surface area contributed by atoms with Crippen LogP contribution in [0.5, 0.6) is 0 Å². The van der Waals surface area contributed by atoms with Crippen molar-refractivity contribution in [1.29, 1.82) is 0 Å². The smallest absolute Gasteiger partial charge is 0.216 e. The summed E-state index contributed by atoms with van der Waals surface area (Å²) >= 11 is 0. The Morgan fingerprint density at radius 1 is 1.82 bits per heavy atom. The van der Waals surface area contributed by atoms with Gasteiger partial charge < -0.3 is 15.4 Å². The lowest BCUT2D eigenvalue weighted by molar-refractivity contribution is -0.119. The van der Waals surface area contributed by atoms with Crippen LogP contribution >= 0.6 is 0 Å². The standard InChI is InChI=1S/C7H14N2O2/c1-6(10)9-4-7-5-11-3-2-8-7/h7-8H,2-5H2,1H3,(H,9,10)/t7-/m0/s1. The minimum absolute atomic E-state index is 0.0115. The monoisotopic (exact) mass is 158 g/mol. The van der Waals surface area contributed by atoms with Gasteiger partial charge in [0.15, 0.2) is 0 Å². The third-order valence-corrected chi connectivity index (χ3v) is 1.60. The molecule has 4 heteroatoms. The molecule has 0 radical (unpaired) electrons. The number of hydrogen-bond donors (Lipinski definition) is 2. The first-order chi connectivity index (χ1) is 5.29.